The first-order valence-electron chi connectivity index (χ1n) is 16.6. The normalized spacial score (nSPS) is 21.5. The molecule has 268 valence electrons. The monoisotopic (exact) mass is 719 g/mol. The number of carbonyl (C=O) groups is 2. The molecule has 1 aromatic heterocycles. The lowest BCUT2D eigenvalue weighted by molar-refractivity contribution is -0.121. The van der Waals surface area contributed by atoms with Gasteiger partial charge in [0.25, 0.3) is 15.9 Å². The van der Waals surface area contributed by atoms with Crippen molar-refractivity contribution in [2.75, 3.05) is 65.0 Å². The Bertz CT molecular complexity index is 2010. The van der Waals surface area contributed by atoms with Gasteiger partial charge in [0.05, 0.1) is 56.4 Å². The number of sulfonamides is 1. The average Bonchev–Trinajstić information content (AvgIpc) is 3.34. The van der Waals surface area contributed by atoms with Crippen molar-refractivity contribution in [1.29, 1.82) is 5.26 Å². The predicted octanol–water partition coefficient (Wildman–Crippen LogP) is 2.28. The highest BCUT2D eigenvalue weighted by Crippen LogP contribution is 2.49. The Kier molecular flexibility index (Phi) is 9.08. The van der Waals surface area contributed by atoms with Gasteiger partial charge in [0, 0.05) is 56.1 Å². The minimum atomic E-state index is -4.93. The van der Waals surface area contributed by atoms with Crippen LogP contribution in [-0.4, -0.2) is 119 Å². The number of halogens is 1. The van der Waals surface area contributed by atoms with E-state index >= 15 is 4.39 Å². The van der Waals surface area contributed by atoms with E-state index in [1.807, 2.05) is 6.07 Å². The fourth-order valence-corrected chi connectivity index (χ4v) is 8.92. The first-order chi connectivity index (χ1) is 24.5. The number of nitrogens with zero attached hydrogens (tertiary/aromatic N) is 6. The number of fused-ring (bicyclic) bond motifs is 1. The van der Waals surface area contributed by atoms with Crippen LogP contribution in [0.1, 0.15) is 29.5 Å². The molecule has 1 atom stereocenters. The molecule has 51 heavy (non-hydrogen) atoms. The summed E-state index contributed by atoms with van der Waals surface area (Å²) in [6.45, 7) is 4.09. The fraction of sp³-hybridized carbons (Fsp3) is 0.429. The van der Waals surface area contributed by atoms with Crippen LogP contribution in [0, 0.1) is 17.1 Å². The summed E-state index contributed by atoms with van der Waals surface area (Å²) in [6, 6.07) is 12.6. The minimum absolute atomic E-state index is 0.0103. The van der Waals surface area contributed by atoms with E-state index in [1.165, 1.54) is 56.8 Å². The number of nitrogens with one attached hydrogen (secondary N) is 1. The van der Waals surface area contributed by atoms with E-state index < -0.39 is 38.2 Å². The van der Waals surface area contributed by atoms with Crippen LogP contribution in [0.3, 0.4) is 0 Å². The van der Waals surface area contributed by atoms with Gasteiger partial charge in [-0.2, -0.15) is 9.57 Å². The Morgan fingerprint density at radius 3 is 2.45 bits per heavy atom. The van der Waals surface area contributed by atoms with Crippen LogP contribution in [0.15, 0.2) is 59.6 Å². The van der Waals surface area contributed by atoms with Crippen molar-refractivity contribution in [3.63, 3.8) is 0 Å². The molecule has 7 rings (SSSR count). The third-order valence-corrected chi connectivity index (χ3v) is 12.2. The molecule has 0 saturated carbocycles. The molecule has 5 heterocycles. The van der Waals surface area contributed by atoms with Crippen LogP contribution >= 0.6 is 0 Å². The molecular weight excluding hydrogens is 681 g/mol. The predicted molar refractivity (Wildman–Crippen MR) is 181 cm³/mol. The molecule has 3 aromatic rings. The van der Waals surface area contributed by atoms with Crippen molar-refractivity contribution in [1.82, 2.24) is 25.0 Å². The summed E-state index contributed by atoms with van der Waals surface area (Å²) in [6.07, 6.45) is 3.43. The van der Waals surface area contributed by atoms with E-state index in [0.717, 1.165) is 51.3 Å². The summed E-state index contributed by atoms with van der Waals surface area (Å²) in [5.74, 6) is -2.25. The van der Waals surface area contributed by atoms with Crippen molar-refractivity contribution >= 4 is 27.6 Å². The number of pyridine rings is 1. The Hall–Kier alpha value is -4.82. The van der Waals surface area contributed by atoms with Crippen molar-refractivity contribution in [2.45, 2.75) is 41.4 Å². The molecule has 14 nitrogen and oxygen atoms in total. The van der Waals surface area contributed by atoms with Gasteiger partial charge in [-0.1, -0.05) is 0 Å². The van der Waals surface area contributed by atoms with Gasteiger partial charge in [-0.05, 0) is 62.4 Å². The standard InChI is InChI=1S/C35H38FN7O7S/c1-40(25-20-50-21-25)23-10-13-41(14-11-23)24-18-42(19-24)34(45)39-35(27-5-4-12-38-32(27)49-3)28-15-22(17-37)6-8-30(28)43(33(35)44)51(46,47)31-9-7-26(48-2)16-29(31)36/h4-9,12,15-16,23-25H,10-11,13-14,18-21H2,1-3H3,(H,39,45)/t35-/m1/s1. The summed E-state index contributed by atoms with van der Waals surface area (Å²) in [5, 5.41) is 12.7. The summed E-state index contributed by atoms with van der Waals surface area (Å²) in [5.41, 5.74) is -2.27. The van der Waals surface area contributed by atoms with Crippen LogP contribution in [0.4, 0.5) is 14.9 Å². The molecule has 4 aliphatic rings. The molecule has 1 N–H and O–H groups in total. The van der Waals surface area contributed by atoms with Crippen LogP contribution in [0.2, 0.25) is 0 Å². The number of anilines is 1. The largest absolute Gasteiger partial charge is 0.497 e. The quantitative estimate of drug-likeness (QED) is 0.346. The second kappa shape index (κ2) is 13.4. The summed E-state index contributed by atoms with van der Waals surface area (Å²) < 4.78 is 60.3. The van der Waals surface area contributed by atoms with Gasteiger partial charge in [0.2, 0.25) is 5.88 Å². The maximum atomic E-state index is 15.4. The number of hydrogen-bond acceptors (Lipinski definition) is 11. The maximum absolute atomic E-state index is 15.4. The molecule has 3 saturated heterocycles. The molecule has 0 radical (unpaired) electrons. The van der Waals surface area contributed by atoms with Crippen LogP contribution in [0.5, 0.6) is 11.6 Å². The number of methoxy groups -OCH3 is 2. The van der Waals surface area contributed by atoms with Crippen LogP contribution < -0.4 is 19.1 Å². The summed E-state index contributed by atoms with van der Waals surface area (Å²) in [4.78, 5) is 38.9. The van der Waals surface area contributed by atoms with Crippen LogP contribution in [0.25, 0.3) is 0 Å². The second-order valence-electron chi connectivity index (χ2n) is 13.1. The number of carbonyl (C=O) groups excluding carboxylic acids is 2. The van der Waals surface area contributed by atoms with Gasteiger partial charge >= 0.3 is 6.03 Å². The van der Waals surface area contributed by atoms with Gasteiger partial charge in [0.1, 0.15) is 16.5 Å². The first-order valence-corrected chi connectivity index (χ1v) is 18.1. The second-order valence-corrected chi connectivity index (χ2v) is 14.9. The van der Waals surface area contributed by atoms with Gasteiger partial charge in [-0.3, -0.25) is 14.6 Å². The van der Waals surface area contributed by atoms with Gasteiger partial charge in [-0.15, -0.1) is 0 Å². The molecular formula is C35H38FN7O7S. The number of likely N-dealkylation sites (N-methyl/N-ethyl adjacent to an activating group) is 1. The summed E-state index contributed by atoms with van der Waals surface area (Å²) >= 11 is 0. The number of aromatic nitrogens is 1. The molecule has 3 amide bonds. The highest BCUT2D eigenvalue weighted by atomic mass is 32.2. The topological polar surface area (TPSA) is 158 Å². The zero-order chi connectivity index (χ0) is 36.1. The number of hydrogen-bond donors (Lipinski definition) is 1. The van der Waals surface area contributed by atoms with Crippen LogP contribution in [-0.2, 0) is 25.1 Å². The van der Waals surface area contributed by atoms with Gasteiger partial charge in [-0.25, -0.2) is 22.6 Å². The zero-order valence-corrected chi connectivity index (χ0v) is 29.2. The van der Waals surface area contributed by atoms with E-state index in [4.69, 9.17) is 14.2 Å². The van der Waals surface area contributed by atoms with E-state index in [0.29, 0.717) is 29.5 Å². The molecule has 0 spiro atoms. The molecule has 2 aromatic carbocycles. The molecule has 0 bridgehead atoms. The Morgan fingerprint density at radius 1 is 1.08 bits per heavy atom. The molecule has 0 aliphatic carbocycles. The lowest BCUT2D eigenvalue weighted by Crippen LogP contribution is -2.67. The Morgan fingerprint density at radius 2 is 1.82 bits per heavy atom. The van der Waals surface area contributed by atoms with Crippen molar-refractivity contribution < 1.29 is 36.6 Å². The van der Waals surface area contributed by atoms with E-state index in [9.17, 15) is 23.3 Å². The smallest absolute Gasteiger partial charge is 0.318 e. The first kappa shape index (κ1) is 34.6. The van der Waals surface area contributed by atoms with E-state index in [1.54, 1.807) is 4.90 Å². The maximum Gasteiger partial charge on any atom is 0.318 e. The SMILES string of the molecule is COc1ccc(S(=O)(=O)N2C(=O)[C@@](NC(=O)N3CC(N4CCC(N(C)C5COC5)CC4)C3)(c3cccnc3OC)c3cc(C#N)ccc32)c(F)c1. The number of ether oxygens (including phenoxy) is 3. The Balaban J connectivity index is 1.21. The van der Waals surface area contributed by atoms with E-state index in [-0.39, 0.29) is 40.0 Å². The molecule has 3 fully saturated rings. The number of benzene rings is 2. The highest BCUT2D eigenvalue weighted by molar-refractivity contribution is 7.93. The number of rotatable bonds is 9. The van der Waals surface area contributed by atoms with Crippen molar-refractivity contribution in [2.24, 2.45) is 0 Å². The zero-order valence-electron chi connectivity index (χ0n) is 28.4. The number of likely N-dealkylation sites (tertiary alicyclic amines) is 2. The molecule has 4 aliphatic heterocycles. The van der Waals surface area contributed by atoms with Crippen molar-refractivity contribution in [3.8, 4) is 17.7 Å². The third kappa shape index (κ3) is 5.74. The highest BCUT2D eigenvalue weighted by Gasteiger charge is 2.59. The number of piperidine rings is 1. The third-order valence-electron chi connectivity index (χ3n) is 10.5. The molecule has 16 heteroatoms. The number of amides is 3. The van der Waals surface area contributed by atoms with E-state index in [2.05, 4.69) is 27.1 Å². The minimum Gasteiger partial charge on any atom is -0.497 e. The van der Waals surface area contributed by atoms with Gasteiger partial charge < -0.3 is 24.4 Å². The average molecular weight is 720 g/mol. The summed E-state index contributed by atoms with van der Waals surface area (Å²) in [7, 11) is -0.146. The lowest BCUT2D eigenvalue weighted by Gasteiger charge is -2.50. The molecule has 0 unspecified atom stereocenters. The van der Waals surface area contributed by atoms with Crippen molar-refractivity contribution in [3.05, 3.63) is 77.2 Å². The fourth-order valence-electron chi connectivity index (χ4n) is 7.41. The lowest BCUT2D eigenvalue weighted by atomic mass is 9.83. The Labute approximate surface area is 295 Å². The number of nitriles is 1. The van der Waals surface area contributed by atoms with Gasteiger partial charge in [0.15, 0.2) is 5.54 Å². The number of urea groups is 1.